The van der Waals surface area contributed by atoms with Crippen molar-refractivity contribution in [1.82, 2.24) is 19.0 Å². The Morgan fingerprint density at radius 2 is 2.00 bits per heavy atom. The fourth-order valence-electron chi connectivity index (χ4n) is 4.84. The van der Waals surface area contributed by atoms with Crippen LogP contribution in [-0.4, -0.2) is 38.0 Å². The SMILES string of the molecule is C=Cc1cc(-c2nc3cc4c(cc3n2C)CCN(CCC)C4=O)n(CC2CC2)c1C=C. The van der Waals surface area contributed by atoms with Gasteiger partial charge in [-0.3, -0.25) is 4.79 Å². The summed E-state index contributed by atoms with van der Waals surface area (Å²) in [5.41, 5.74) is 7.17. The summed E-state index contributed by atoms with van der Waals surface area (Å²) >= 11 is 0. The van der Waals surface area contributed by atoms with E-state index in [1.807, 2.05) is 23.1 Å². The van der Waals surface area contributed by atoms with E-state index in [0.717, 1.165) is 83.3 Å². The summed E-state index contributed by atoms with van der Waals surface area (Å²) < 4.78 is 4.51. The van der Waals surface area contributed by atoms with Crippen molar-refractivity contribution in [1.29, 1.82) is 0 Å². The van der Waals surface area contributed by atoms with E-state index >= 15 is 0 Å². The van der Waals surface area contributed by atoms with Crippen molar-refractivity contribution in [2.75, 3.05) is 13.1 Å². The van der Waals surface area contributed by atoms with Gasteiger partial charge in [-0.1, -0.05) is 26.2 Å². The van der Waals surface area contributed by atoms with Crippen LogP contribution in [-0.2, 0) is 20.0 Å². The molecule has 1 aliphatic carbocycles. The van der Waals surface area contributed by atoms with Gasteiger partial charge in [0.15, 0.2) is 5.82 Å². The highest BCUT2D eigenvalue weighted by molar-refractivity contribution is 6.00. The molecule has 0 bridgehead atoms. The molecule has 3 heterocycles. The van der Waals surface area contributed by atoms with Gasteiger partial charge in [-0.05, 0) is 67.0 Å². The van der Waals surface area contributed by atoms with Gasteiger partial charge in [0.1, 0.15) is 0 Å². The van der Waals surface area contributed by atoms with Crippen molar-refractivity contribution in [3.63, 3.8) is 0 Å². The number of nitrogens with zero attached hydrogens (tertiary/aromatic N) is 4. The molecule has 0 radical (unpaired) electrons. The maximum atomic E-state index is 13.0. The molecule has 5 heteroatoms. The van der Waals surface area contributed by atoms with Crippen LogP contribution in [0, 0.1) is 5.92 Å². The molecular weight excluding hydrogens is 384 g/mol. The van der Waals surface area contributed by atoms with Crippen LogP contribution in [0.1, 0.15) is 53.4 Å². The molecule has 0 spiro atoms. The van der Waals surface area contributed by atoms with Gasteiger partial charge in [0.05, 0.1) is 16.7 Å². The van der Waals surface area contributed by atoms with Crippen molar-refractivity contribution in [2.45, 2.75) is 39.2 Å². The predicted molar refractivity (Wildman–Crippen MR) is 127 cm³/mol. The highest BCUT2D eigenvalue weighted by atomic mass is 16.2. The first-order valence-corrected chi connectivity index (χ1v) is 11.3. The van der Waals surface area contributed by atoms with Crippen molar-refractivity contribution in [3.05, 3.63) is 53.7 Å². The second-order valence-corrected chi connectivity index (χ2v) is 8.87. The van der Waals surface area contributed by atoms with E-state index in [9.17, 15) is 4.79 Å². The lowest BCUT2D eigenvalue weighted by Gasteiger charge is -2.28. The molecule has 1 fully saturated rings. The molecule has 31 heavy (non-hydrogen) atoms. The molecule has 1 amide bonds. The van der Waals surface area contributed by atoms with Crippen molar-refractivity contribution >= 4 is 29.1 Å². The number of amides is 1. The first kappa shape index (κ1) is 19.9. The number of carbonyl (C=O) groups excluding carboxylic acids is 1. The van der Waals surface area contributed by atoms with E-state index in [4.69, 9.17) is 4.98 Å². The Labute approximate surface area is 183 Å². The summed E-state index contributed by atoms with van der Waals surface area (Å²) in [6, 6.07) is 6.33. The van der Waals surface area contributed by atoms with Crippen LogP contribution in [0.2, 0.25) is 0 Å². The van der Waals surface area contributed by atoms with Crippen LogP contribution in [0.5, 0.6) is 0 Å². The number of hydrogen-bond acceptors (Lipinski definition) is 2. The van der Waals surface area contributed by atoms with Crippen LogP contribution >= 0.6 is 0 Å². The Morgan fingerprint density at radius 3 is 2.68 bits per heavy atom. The van der Waals surface area contributed by atoms with Gasteiger partial charge in [-0.15, -0.1) is 0 Å². The Balaban J connectivity index is 1.65. The first-order valence-electron chi connectivity index (χ1n) is 11.3. The van der Waals surface area contributed by atoms with Crippen LogP contribution in [0.3, 0.4) is 0 Å². The molecule has 2 aromatic heterocycles. The normalized spacial score (nSPS) is 16.1. The first-order chi connectivity index (χ1) is 15.0. The summed E-state index contributed by atoms with van der Waals surface area (Å²) in [4.78, 5) is 20.0. The zero-order valence-electron chi connectivity index (χ0n) is 18.5. The third kappa shape index (κ3) is 3.23. The molecule has 3 aromatic rings. The summed E-state index contributed by atoms with van der Waals surface area (Å²) in [5.74, 6) is 1.79. The Kier molecular flexibility index (Phi) is 4.84. The van der Waals surface area contributed by atoms with E-state index in [1.54, 1.807) is 0 Å². The Hall–Kier alpha value is -3.08. The van der Waals surface area contributed by atoms with Crippen molar-refractivity contribution in [3.8, 4) is 11.5 Å². The highest BCUT2D eigenvalue weighted by Crippen LogP contribution is 2.36. The van der Waals surface area contributed by atoms with Gasteiger partial charge in [0.2, 0.25) is 0 Å². The average molecular weight is 415 g/mol. The van der Waals surface area contributed by atoms with Gasteiger partial charge in [-0.2, -0.15) is 0 Å². The zero-order valence-corrected chi connectivity index (χ0v) is 18.5. The molecule has 0 unspecified atom stereocenters. The minimum Gasteiger partial charge on any atom is -0.338 e. The molecule has 5 nitrogen and oxygen atoms in total. The molecule has 0 saturated heterocycles. The average Bonchev–Trinajstić information content (AvgIpc) is 3.45. The number of fused-ring (bicyclic) bond motifs is 2. The second-order valence-electron chi connectivity index (χ2n) is 8.87. The zero-order chi connectivity index (χ0) is 21.7. The smallest absolute Gasteiger partial charge is 0.254 e. The van der Waals surface area contributed by atoms with E-state index < -0.39 is 0 Å². The molecule has 0 N–H and O–H groups in total. The number of benzene rings is 1. The number of hydrogen-bond donors (Lipinski definition) is 0. The van der Waals surface area contributed by atoms with E-state index in [2.05, 4.69) is 48.4 Å². The molecule has 1 saturated carbocycles. The standard InChI is InChI=1S/C26H30N4O/c1-5-11-29-12-10-19-14-23-21(15-20(19)26(29)31)27-25(28(23)4)24-13-18(6-2)22(7-3)30(24)16-17-8-9-17/h6-7,13-15,17H,2-3,5,8-12,16H2,1,4H3. The fourth-order valence-corrected chi connectivity index (χ4v) is 4.84. The van der Waals surface area contributed by atoms with Crippen molar-refractivity contribution < 1.29 is 4.79 Å². The number of imidazole rings is 1. The topological polar surface area (TPSA) is 43.1 Å². The predicted octanol–water partition coefficient (Wildman–Crippen LogP) is 5.15. The summed E-state index contributed by atoms with van der Waals surface area (Å²) in [5, 5.41) is 0. The lowest BCUT2D eigenvalue weighted by Crippen LogP contribution is -2.38. The molecule has 1 aromatic carbocycles. The third-order valence-electron chi connectivity index (χ3n) is 6.72. The maximum absolute atomic E-state index is 13.0. The lowest BCUT2D eigenvalue weighted by molar-refractivity contribution is 0.0740. The summed E-state index contributed by atoms with van der Waals surface area (Å²) in [6.45, 7) is 12.7. The number of carbonyl (C=O) groups is 1. The van der Waals surface area contributed by atoms with Gasteiger partial charge < -0.3 is 14.0 Å². The van der Waals surface area contributed by atoms with Gasteiger partial charge in [0, 0.05) is 37.9 Å². The summed E-state index contributed by atoms with van der Waals surface area (Å²) in [7, 11) is 2.07. The molecule has 1 aliphatic heterocycles. The molecule has 0 atom stereocenters. The monoisotopic (exact) mass is 414 g/mol. The fraction of sp³-hybridized carbons (Fsp3) is 0.385. The van der Waals surface area contributed by atoms with Gasteiger partial charge >= 0.3 is 0 Å². The minimum atomic E-state index is 0.136. The Morgan fingerprint density at radius 1 is 1.19 bits per heavy atom. The second kappa shape index (κ2) is 7.56. The maximum Gasteiger partial charge on any atom is 0.254 e. The number of aryl methyl sites for hydroxylation is 1. The number of aromatic nitrogens is 3. The van der Waals surface area contributed by atoms with Crippen LogP contribution in [0.25, 0.3) is 34.7 Å². The van der Waals surface area contributed by atoms with E-state index in [-0.39, 0.29) is 5.91 Å². The quantitative estimate of drug-likeness (QED) is 0.537. The van der Waals surface area contributed by atoms with E-state index in [1.165, 1.54) is 12.8 Å². The van der Waals surface area contributed by atoms with Gasteiger partial charge in [0.25, 0.3) is 5.91 Å². The van der Waals surface area contributed by atoms with Crippen molar-refractivity contribution in [2.24, 2.45) is 13.0 Å². The largest absolute Gasteiger partial charge is 0.338 e. The molecule has 5 rings (SSSR count). The van der Waals surface area contributed by atoms with Crippen LogP contribution in [0.15, 0.2) is 31.4 Å². The van der Waals surface area contributed by atoms with Gasteiger partial charge in [-0.25, -0.2) is 4.98 Å². The lowest BCUT2D eigenvalue weighted by atomic mass is 9.98. The van der Waals surface area contributed by atoms with Crippen LogP contribution in [0.4, 0.5) is 0 Å². The molecule has 2 aliphatic rings. The molecular formula is C26H30N4O. The third-order valence-corrected chi connectivity index (χ3v) is 6.72. The molecule has 160 valence electrons. The minimum absolute atomic E-state index is 0.136. The summed E-state index contributed by atoms with van der Waals surface area (Å²) in [6.07, 6.45) is 8.26. The highest BCUT2D eigenvalue weighted by Gasteiger charge is 2.28. The van der Waals surface area contributed by atoms with E-state index in [0.29, 0.717) is 0 Å². The Bertz CT molecular complexity index is 1210. The number of rotatable bonds is 7. The van der Waals surface area contributed by atoms with Crippen LogP contribution < -0.4 is 0 Å².